The molecule has 0 aliphatic rings. The van der Waals surface area contributed by atoms with Gasteiger partial charge < -0.3 is 20.9 Å². The average Bonchev–Trinajstić information content (AvgIpc) is 2.70. The number of fused-ring (bicyclic) bond motifs is 1. The Labute approximate surface area is 189 Å². The smallest absolute Gasteiger partial charge is 0.408 e. The number of nitrogens with zero attached hydrogens (tertiary/aromatic N) is 2. The first-order chi connectivity index (χ1) is 15.0. The van der Waals surface area contributed by atoms with Crippen molar-refractivity contribution in [1.82, 2.24) is 9.88 Å². The summed E-state index contributed by atoms with van der Waals surface area (Å²) >= 11 is 0. The number of nitrogens with one attached hydrogen (secondary N) is 1. The van der Waals surface area contributed by atoms with Gasteiger partial charge >= 0.3 is 6.09 Å². The van der Waals surface area contributed by atoms with Crippen molar-refractivity contribution in [1.29, 1.82) is 0 Å². The summed E-state index contributed by atoms with van der Waals surface area (Å²) < 4.78 is 5.97. The second kappa shape index (κ2) is 8.94. The van der Waals surface area contributed by atoms with E-state index in [2.05, 4.69) is 10.3 Å². The zero-order chi connectivity index (χ0) is 23.5. The number of carbonyl (C=O) groups is 1. The number of pyridine rings is 1. The van der Waals surface area contributed by atoms with Gasteiger partial charge in [-0.3, -0.25) is 9.88 Å². The van der Waals surface area contributed by atoms with Crippen LogP contribution in [0.25, 0.3) is 10.9 Å². The number of ether oxygens (including phenoxy) is 1. The van der Waals surface area contributed by atoms with Gasteiger partial charge in [-0.1, -0.05) is 30.3 Å². The lowest BCUT2D eigenvalue weighted by atomic mass is 9.94. The molecule has 3 rings (SSSR count). The fourth-order valence-electron chi connectivity index (χ4n) is 4.05. The van der Waals surface area contributed by atoms with E-state index >= 15 is 0 Å². The van der Waals surface area contributed by atoms with Crippen LogP contribution in [0.1, 0.15) is 40.2 Å². The molecule has 0 radical (unpaired) electrons. The molecule has 3 aromatic rings. The van der Waals surface area contributed by atoms with E-state index in [1.165, 1.54) is 4.90 Å². The van der Waals surface area contributed by atoms with Gasteiger partial charge in [0.1, 0.15) is 12.4 Å². The summed E-state index contributed by atoms with van der Waals surface area (Å²) in [6, 6.07) is 15.6. The first-order valence-corrected chi connectivity index (χ1v) is 10.6. The maximum Gasteiger partial charge on any atom is 0.408 e. The molecule has 0 fully saturated rings. The second-order valence-electron chi connectivity index (χ2n) is 9.50. The standard InChI is InChI=1S/C25H32N4O3/c1-24(2,3)29(23(30)31)25(4,5)16-28-22-19-13-18(11-12-21(19)27-14-20(22)26)32-15-17-9-7-6-8-10-17/h6-14H,15-16,26H2,1-5H3,(H,27,28)(H,30,31). The Morgan fingerprint density at radius 1 is 1.12 bits per heavy atom. The molecule has 1 heterocycles. The number of hydrogen-bond acceptors (Lipinski definition) is 5. The van der Waals surface area contributed by atoms with E-state index in [1.54, 1.807) is 6.20 Å². The largest absolute Gasteiger partial charge is 0.489 e. The van der Waals surface area contributed by atoms with Gasteiger partial charge in [0.05, 0.1) is 28.6 Å². The molecule has 170 valence electrons. The molecular weight excluding hydrogens is 404 g/mol. The highest BCUT2D eigenvalue weighted by Gasteiger charge is 2.38. The fourth-order valence-corrected chi connectivity index (χ4v) is 4.05. The second-order valence-corrected chi connectivity index (χ2v) is 9.50. The van der Waals surface area contributed by atoms with E-state index in [1.807, 2.05) is 83.1 Å². The molecule has 0 saturated carbocycles. The molecule has 4 N–H and O–H groups in total. The Hall–Kier alpha value is -3.48. The summed E-state index contributed by atoms with van der Waals surface area (Å²) in [6.07, 6.45) is 0.648. The topological polar surface area (TPSA) is 101 Å². The number of rotatable bonds is 7. The number of carboxylic acid groups (broad SMARTS) is 1. The molecule has 0 atom stereocenters. The van der Waals surface area contributed by atoms with Gasteiger partial charge in [-0.2, -0.15) is 0 Å². The number of nitrogens with two attached hydrogens (primary N) is 1. The first-order valence-electron chi connectivity index (χ1n) is 10.6. The predicted octanol–water partition coefficient (Wildman–Crippen LogP) is 5.37. The third-order valence-corrected chi connectivity index (χ3v) is 5.28. The molecule has 1 aromatic heterocycles. The zero-order valence-electron chi connectivity index (χ0n) is 19.3. The lowest BCUT2D eigenvalue weighted by Crippen LogP contribution is -2.59. The van der Waals surface area contributed by atoms with Gasteiger partial charge in [-0.25, -0.2) is 4.79 Å². The van der Waals surface area contributed by atoms with Crippen LogP contribution in [-0.2, 0) is 6.61 Å². The van der Waals surface area contributed by atoms with Crippen LogP contribution in [-0.4, -0.2) is 38.7 Å². The van der Waals surface area contributed by atoms with Gasteiger partial charge in [0.2, 0.25) is 0 Å². The number of aromatic nitrogens is 1. The molecule has 0 bridgehead atoms. The van der Waals surface area contributed by atoms with Crippen molar-refractivity contribution in [2.24, 2.45) is 0 Å². The number of benzene rings is 2. The Morgan fingerprint density at radius 2 is 1.81 bits per heavy atom. The lowest BCUT2D eigenvalue weighted by Gasteiger charge is -2.45. The van der Waals surface area contributed by atoms with Crippen molar-refractivity contribution in [2.45, 2.75) is 52.3 Å². The molecule has 0 spiro atoms. The van der Waals surface area contributed by atoms with Crippen molar-refractivity contribution in [3.63, 3.8) is 0 Å². The molecule has 7 heteroatoms. The lowest BCUT2D eigenvalue weighted by molar-refractivity contribution is 0.0392. The quantitative estimate of drug-likeness (QED) is 0.461. The third kappa shape index (κ3) is 5.22. The highest BCUT2D eigenvalue weighted by atomic mass is 16.5. The van der Waals surface area contributed by atoms with E-state index in [0.29, 0.717) is 30.3 Å². The van der Waals surface area contributed by atoms with E-state index in [4.69, 9.17) is 10.5 Å². The minimum absolute atomic E-state index is 0.370. The van der Waals surface area contributed by atoms with Crippen LogP contribution in [0.4, 0.5) is 16.2 Å². The molecule has 0 aliphatic heterocycles. The summed E-state index contributed by atoms with van der Waals surface area (Å²) in [5, 5.41) is 14.0. The Morgan fingerprint density at radius 3 is 2.44 bits per heavy atom. The summed E-state index contributed by atoms with van der Waals surface area (Å²) in [5.74, 6) is 0.706. The normalized spacial score (nSPS) is 11.9. The van der Waals surface area contributed by atoms with Crippen molar-refractivity contribution < 1.29 is 14.6 Å². The third-order valence-electron chi connectivity index (χ3n) is 5.28. The van der Waals surface area contributed by atoms with Gasteiger partial charge in [0, 0.05) is 17.5 Å². The van der Waals surface area contributed by atoms with Crippen molar-refractivity contribution in [2.75, 3.05) is 17.6 Å². The Bertz CT molecular complexity index is 1090. The minimum Gasteiger partial charge on any atom is -0.489 e. The van der Waals surface area contributed by atoms with E-state index in [0.717, 1.165) is 16.5 Å². The maximum absolute atomic E-state index is 12.0. The molecule has 2 aromatic carbocycles. The molecule has 32 heavy (non-hydrogen) atoms. The van der Waals surface area contributed by atoms with Crippen LogP contribution in [0, 0.1) is 0 Å². The monoisotopic (exact) mass is 436 g/mol. The summed E-state index contributed by atoms with van der Waals surface area (Å²) in [7, 11) is 0. The number of hydrogen-bond donors (Lipinski definition) is 3. The van der Waals surface area contributed by atoms with Crippen LogP contribution in [0.3, 0.4) is 0 Å². The van der Waals surface area contributed by atoms with Crippen molar-refractivity contribution in [3.05, 3.63) is 60.3 Å². The molecule has 0 unspecified atom stereocenters. The highest BCUT2D eigenvalue weighted by molar-refractivity contribution is 5.97. The highest BCUT2D eigenvalue weighted by Crippen LogP contribution is 2.33. The maximum atomic E-state index is 12.0. The van der Waals surface area contributed by atoms with Crippen LogP contribution < -0.4 is 15.8 Å². The number of amides is 1. The Kier molecular flexibility index (Phi) is 6.48. The zero-order valence-corrected chi connectivity index (χ0v) is 19.3. The summed E-state index contributed by atoms with van der Waals surface area (Å²) in [6.45, 7) is 10.3. The minimum atomic E-state index is -0.964. The van der Waals surface area contributed by atoms with E-state index in [9.17, 15) is 9.90 Å². The first kappa shape index (κ1) is 23.2. The van der Waals surface area contributed by atoms with Crippen LogP contribution >= 0.6 is 0 Å². The van der Waals surface area contributed by atoms with Crippen LogP contribution in [0.5, 0.6) is 5.75 Å². The molecule has 1 amide bonds. The SMILES string of the molecule is CC(C)(C)N(C(=O)O)C(C)(C)CNc1c(N)cnc2ccc(OCc3ccccc3)cc12. The number of anilines is 2. The van der Waals surface area contributed by atoms with Gasteiger partial charge in [0.15, 0.2) is 0 Å². The Balaban J connectivity index is 1.87. The molecule has 0 aliphatic carbocycles. The van der Waals surface area contributed by atoms with E-state index in [-0.39, 0.29) is 0 Å². The number of nitrogen functional groups attached to an aromatic ring is 1. The van der Waals surface area contributed by atoms with Gasteiger partial charge in [0.25, 0.3) is 0 Å². The van der Waals surface area contributed by atoms with Crippen molar-refractivity contribution in [3.8, 4) is 5.75 Å². The van der Waals surface area contributed by atoms with Gasteiger partial charge in [-0.05, 0) is 58.4 Å². The van der Waals surface area contributed by atoms with Crippen molar-refractivity contribution >= 4 is 28.4 Å². The fraction of sp³-hybridized carbons (Fsp3) is 0.360. The summed E-state index contributed by atoms with van der Waals surface area (Å²) in [5.41, 5.74) is 8.08. The molecule has 7 nitrogen and oxygen atoms in total. The average molecular weight is 437 g/mol. The van der Waals surface area contributed by atoms with E-state index < -0.39 is 17.2 Å². The predicted molar refractivity (Wildman–Crippen MR) is 129 cm³/mol. The molecule has 0 saturated heterocycles. The van der Waals surface area contributed by atoms with Crippen LogP contribution in [0.2, 0.25) is 0 Å². The van der Waals surface area contributed by atoms with Gasteiger partial charge in [-0.15, -0.1) is 0 Å². The summed E-state index contributed by atoms with van der Waals surface area (Å²) in [4.78, 5) is 17.8. The molecular formula is C25H32N4O3. The van der Waals surface area contributed by atoms with Crippen LogP contribution in [0.15, 0.2) is 54.7 Å².